The van der Waals surface area contributed by atoms with Crippen LogP contribution in [0.25, 0.3) is 12.2 Å². The Morgan fingerprint density at radius 2 is 2.00 bits per heavy atom. The van der Waals surface area contributed by atoms with Crippen LogP contribution in [0.5, 0.6) is 5.75 Å². The third kappa shape index (κ3) is 5.95. The van der Waals surface area contributed by atoms with E-state index >= 15 is 0 Å². The van der Waals surface area contributed by atoms with Gasteiger partial charge in [0.05, 0.1) is 12.0 Å². The van der Waals surface area contributed by atoms with Crippen molar-refractivity contribution in [2.24, 2.45) is 0 Å². The first-order valence-electron chi connectivity index (χ1n) is 9.07. The van der Waals surface area contributed by atoms with E-state index in [0.29, 0.717) is 33.1 Å². The summed E-state index contributed by atoms with van der Waals surface area (Å²) in [6, 6.07) is 14.6. The van der Waals surface area contributed by atoms with Crippen LogP contribution in [0.3, 0.4) is 0 Å². The first-order valence-corrected chi connectivity index (χ1v) is 10.7. The van der Waals surface area contributed by atoms with Gasteiger partial charge in [0.1, 0.15) is 10.1 Å². The van der Waals surface area contributed by atoms with Gasteiger partial charge >= 0.3 is 0 Å². The SMILES string of the molecule is COc1cccc(/C=C2/SC(=S)N(CCNC(=O)/C=C/c3ccc(Cl)cc3)C2=O)c1. The lowest BCUT2D eigenvalue weighted by atomic mass is 10.2. The van der Waals surface area contributed by atoms with Gasteiger partial charge in [-0.1, -0.05) is 59.8 Å². The molecular weight excluding hydrogens is 440 g/mol. The maximum atomic E-state index is 12.7. The minimum absolute atomic E-state index is 0.168. The van der Waals surface area contributed by atoms with Crippen LogP contribution >= 0.6 is 35.6 Å². The summed E-state index contributed by atoms with van der Waals surface area (Å²) in [5, 5.41) is 3.40. The highest BCUT2D eigenvalue weighted by Crippen LogP contribution is 2.32. The van der Waals surface area contributed by atoms with Crippen molar-refractivity contribution < 1.29 is 14.3 Å². The maximum absolute atomic E-state index is 12.7. The molecular formula is C22H19ClN2O3S2. The van der Waals surface area contributed by atoms with Crippen LogP contribution in [0.4, 0.5) is 0 Å². The van der Waals surface area contributed by atoms with Crippen molar-refractivity contribution in [3.63, 3.8) is 0 Å². The number of carbonyl (C=O) groups excluding carboxylic acids is 2. The van der Waals surface area contributed by atoms with Crippen LogP contribution in [-0.4, -0.2) is 41.2 Å². The zero-order valence-electron chi connectivity index (χ0n) is 16.1. The first-order chi connectivity index (χ1) is 14.5. The molecule has 1 saturated heterocycles. The molecule has 154 valence electrons. The molecule has 0 aliphatic carbocycles. The number of methoxy groups -OCH3 is 1. The van der Waals surface area contributed by atoms with Gasteiger partial charge in [-0.05, 0) is 47.5 Å². The number of rotatable bonds is 7. The number of carbonyl (C=O) groups is 2. The van der Waals surface area contributed by atoms with Gasteiger partial charge in [0, 0.05) is 24.2 Å². The maximum Gasteiger partial charge on any atom is 0.266 e. The average molecular weight is 459 g/mol. The molecule has 1 fully saturated rings. The van der Waals surface area contributed by atoms with Gasteiger partial charge in [-0.2, -0.15) is 0 Å². The zero-order valence-corrected chi connectivity index (χ0v) is 18.5. The van der Waals surface area contributed by atoms with Crippen molar-refractivity contribution in [1.29, 1.82) is 0 Å². The van der Waals surface area contributed by atoms with Crippen molar-refractivity contribution in [1.82, 2.24) is 10.2 Å². The Hall–Kier alpha value is -2.61. The second-order valence-electron chi connectivity index (χ2n) is 6.29. The molecule has 1 aliphatic rings. The number of ether oxygens (including phenoxy) is 1. The summed E-state index contributed by atoms with van der Waals surface area (Å²) in [7, 11) is 1.59. The van der Waals surface area contributed by atoms with Gasteiger partial charge in [0.2, 0.25) is 5.91 Å². The summed E-state index contributed by atoms with van der Waals surface area (Å²) in [4.78, 5) is 26.7. The van der Waals surface area contributed by atoms with E-state index in [4.69, 9.17) is 28.6 Å². The number of amides is 2. The molecule has 0 aromatic heterocycles. The van der Waals surface area contributed by atoms with Crippen molar-refractivity contribution in [2.45, 2.75) is 0 Å². The monoisotopic (exact) mass is 458 g/mol. The van der Waals surface area contributed by atoms with E-state index in [9.17, 15) is 9.59 Å². The highest BCUT2D eigenvalue weighted by Gasteiger charge is 2.31. The predicted molar refractivity (Wildman–Crippen MR) is 126 cm³/mol. The van der Waals surface area contributed by atoms with Crippen molar-refractivity contribution in [3.05, 3.63) is 75.7 Å². The highest BCUT2D eigenvalue weighted by atomic mass is 35.5. The number of thioether (sulfide) groups is 1. The average Bonchev–Trinajstić information content (AvgIpc) is 3.00. The lowest BCUT2D eigenvalue weighted by Crippen LogP contribution is -2.36. The highest BCUT2D eigenvalue weighted by molar-refractivity contribution is 8.26. The third-order valence-electron chi connectivity index (χ3n) is 4.20. The molecule has 2 aromatic rings. The van der Waals surface area contributed by atoms with Gasteiger partial charge < -0.3 is 10.1 Å². The summed E-state index contributed by atoms with van der Waals surface area (Å²) in [6.45, 7) is 0.601. The number of nitrogens with zero attached hydrogens (tertiary/aromatic N) is 1. The van der Waals surface area contributed by atoms with Crippen LogP contribution < -0.4 is 10.1 Å². The number of halogens is 1. The zero-order chi connectivity index (χ0) is 21.5. The Bertz CT molecular complexity index is 1020. The van der Waals surface area contributed by atoms with Crippen LogP contribution in [0.2, 0.25) is 5.02 Å². The molecule has 0 saturated carbocycles. The minimum Gasteiger partial charge on any atom is -0.497 e. The molecule has 0 unspecified atom stereocenters. The molecule has 1 heterocycles. The second-order valence-corrected chi connectivity index (χ2v) is 8.40. The summed E-state index contributed by atoms with van der Waals surface area (Å²) in [5.74, 6) is 0.301. The van der Waals surface area contributed by atoms with E-state index in [0.717, 1.165) is 11.1 Å². The second kappa shape index (κ2) is 10.4. The quantitative estimate of drug-likeness (QED) is 0.493. The first kappa shape index (κ1) is 22.1. The van der Waals surface area contributed by atoms with E-state index in [-0.39, 0.29) is 11.8 Å². The summed E-state index contributed by atoms with van der Waals surface area (Å²) in [5.41, 5.74) is 1.73. The Morgan fingerprint density at radius 1 is 1.23 bits per heavy atom. The van der Waals surface area contributed by atoms with Crippen molar-refractivity contribution in [3.8, 4) is 5.75 Å². The van der Waals surface area contributed by atoms with Gasteiger partial charge in [0.15, 0.2) is 0 Å². The molecule has 5 nitrogen and oxygen atoms in total. The molecule has 0 spiro atoms. The Labute approximate surface area is 189 Å². The minimum atomic E-state index is -0.248. The molecule has 1 N–H and O–H groups in total. The number of nitrogens with one attached hydrogen (secondary N) is 1. The largest absolute Gasteiger partial charge is 0.497 e. The molecule has 0 atom stereocenters. The van der Waals surface area contributed by atoms with Crippen LogP contribution in [-0.2, 0) is 9.59 Å². The Kier molecular flexibility index (Phi) is 7.68. The van der Waals surface area contributed by atoms with E-state index in [1.54, 1.807) is 31.4 Å². The van der Waals surface area contributed by atoms with E-state index in [2.05, 4.69) is 5.32 Å². The lowest BCUT2D eigenvalue weighted by molar-refractivity contribution is -0.122. The fraction of sp³-hybridized carbons (Fsp3) is 0.136. The summed E-state index contributed by atoms with van der Waals surface area (Å²) >= 11 is 12.4. The number of thiocarbonyl (C=S) groups is 1. The van der Waals surface area contributed by atoms with E-state index in [1.807, 2.05) is 36.4 Å². The molecule has 0 radical (unpaired) electrons. The number of benzene rings is 2. The van der Waals surface area contributed by atoms with Crippen LogP contribution in [0.1, 0.15) is 11.1 Å². The topological polar surface area (TPSA) is 58.6 Å². The van der Waals surface area contributed by atoms with Crippen molar-refractivity contribution >= 4 is 63.9 Å². The fourth-order valence-electron chi connectivity index (χ4n) is 2.67. The molecule has 30 heavy (non-hydrogen) atoms. The smallest absolute Gasteiger partial charge is 0.266 e. The van der Waals surface area contributed by atoms with Gasteiger partial charge in [-0.15, -0.1) is 0 Å². The predicted octanol–water partition coefficient (Wildman–Crippen LogP) is 4.38. The fourth-order valence-corrected chi connectivity index (χ4v) is 4.11. The van der Waals surface area contributed by atoms with Gasteiger partial charge in [-0.3, -0.25) is 14.5 Å². The Morgan fingerprint density at radius 3 is 2.73 bits per heavy atom. The van der Waals surface area contributed by atoms with Crippen molar-refractivity contribution in [2.75, 3.05) is 20.2 Å². The normalized spacial score (nSPS) is 15.3. The van der Waals surface area contributed by atoms with E-state index < -0.39 is 0 Å². The third-order valence-corrected chi connectivity index (χ3v) is 5.83. The van der Waals surface area contributed by atoms with Gasteiger partial charge in [-0.25, -0.2) is 0 Å². The number of hydrogen-bond donors (Lipinski definition) is 1. The Balaban J connectivity index is 1.53. The van der Waals surface area contributed by atoms with Crippen LogP contribution in [0, 0.1) is 0 Å². The molecule has 2 aromatic carbocycles. The summed E-state index contributed by atoms with van der Waals surface area (Å²) in [6.07, 6.45) is 4.92. The molecule has 8 heteroatoms. The number of hydrogen-bond acceptors (Lipinski definition) is 5. The molecule has 1 aliphatic heterocycles. The van der Waals surface area contributed by atoms with Crippen LogP contribution in [0.15, 0.2) is 59.5 Å². The lowest BCUT2D eigenvalue weighted by Gasteiger charge is -2.14. The molecule has 0 bridgehead atoms. The summed E-state index contributed by atoms with van der Waals surface area (Å²) < 4.78 is 5.68. The van der Waals surface area contributed by atoms with E-state index in [1.165, 1.54) is 22.7 Å². The van der Waals surface area contributed by atoms with Gasteiger partial charge in [0.25, 0.3) is 5.91 Å². The molecule has 3 rings (SSSR count). The standard InChI is InChI=1S/C22H19ClN2O3S2/c1-28-18-4-2-3-16(13-18)14-19-21(27)25(22(29)30-19)12-11-24-20(26)10-7-15-5-8-17(23)9-6-15/h2-10,13-14H,11-12H2,1H3,(H,24,26)/b10-7+,19-14+. The molecule has 2 amide bonds.